The van der Waals surface area contributed by atoms with Crippen molar-refractivity contribution in [2.75, 3.05) is 7.05 Å². The fourth-order valence-corrected chi connectivity index (χ4v) is 5.27. The maximum Gasteiger partial charge on any atom is 0.182 e. The number of aryl methyl sites for hydroxylation is 1. The van der Waals surface area contributed by atoms with E-state index in [9.17, 15) is 8.42 Å². The number of nitrogens with one attached hydrogen (secondary N) is 1. The van der Waals surface area contributed by atoms with Crippen molar-refractivity contribution in [2.24, 2.45) is 0 Å². The van der Waals surface area contributed by atoms with E-state index in [4.69, 9.17) is 0 Å². The first-order valence-electron chi connectivity index (χ1n) is 7.53. The Balaban J connectivity index is 2.33. The molecular formula is C16H25NO2S. The molecule has 1 aliphatic rings. The summed E-state index contributed by atoms with van der Waals surface area (Å²) in [5.74, 6) is 0. The van der Waals surface area contributed by atoms with Gasteiger partial charge in [0.15, 0.2) is 9.84 Å². The maximum atomic E-state index is 12.9. The third-order valence-electron chi connectivity index (χ3n) is 4.29. The summed E-state index contributed by atoms with van der Waals surface area (Å²) < 4.78 is 25.9. The fraction of sp³-hybridized carbons (Fsp3) is 0.625. The Morgan fingerprint density at radius 1 is 1.10 bits per heavy atom. The van der Waals surface area contributed by atoms with Gasteiger partial charge < -0.3 is 5.32 Å². The van der Waals surface area contributed by atoms with Crippen LogP contribution in [0.1, 0.15) is 44.1 Å². The largest absolute Gasteiger partial charge is 0.316 e. The van der Waals surface area contributed by atoms with E-state index in [0.29, 0.717) is 4.90 Å². The summed E-state index contributed by atoms with van der Waals surface area (Å²) >= 11 is 0. The minimum absolute atomic E-state index is 0.0702. The van der Waals surface area contributed by atoms with E-state index in [1.165, 1.54) is 6.42 Å². The number of benzene rings is 1. The van der Waals surface area contributed by atoms with Crippen LogP contribution in [-0.2, 0) is 9.84 Å². The van der Waals surface area contributed by atoms with Gasteiger partial charge in [0, 0.05) is 6.04 Å². The van der Waals surface area contributed by atoms with E-state index < -0.39 is 9.84 Å². The van der Waals surface area contributed by atoms with Crippen LogP contribution < -0.4 is 5.32 Å². The van der Waals surface area contributed by atoms with E-state index in [1.54, 1.807) is 12.1 Å². The minimum Gasteiger partial charge on any atom is -0.316 e. The first-order chi connectivity index (χ1) is 9.55. The highest BCUT2D eigenvalue weighted by Crippen LogP contribution is 2.28. The molecule has 2 rings (SSSR count). The number of hydrogen-bond donors (Lipinski definition) is 1. The van der Waals surface area contributed by atoms with Crippen LogP contribution in [0.25, 0.3) is 0 Å². The Bertz CT molecular complexity index is 539. The zero-order chi connectivity index (χ0) is 14.6. The highest BCUT2D eigenvalue weighted by atomic mass is 32.2. The zero-order valence-corrected chi connectivity index (χ0v) is 13.2. The van der Waals surface area contributed by atoms with Crippen LogP contribution in [0.5, 0.6) is 0 Å². The van der Waals surface area contributed by atoms with Crippen LogP contribution in [0.4, 0.5) is 0 Å². The Morgan fingerprint density at radius 2 is 1.80 bits per heavy atom. The molecule has 1 fully saturated rings. The average Bonchev–Trinajstić information content (AvgIpc) is 2.38. The second kappa shape index (κ2) is 6.72. The van der Waals surface area contributed by atoms with Gasteiger partial charge in [0.25, 0.3) is 0 Å². The van der Waals surface area contributed by atoms with Gasteiger partial charge in [-0.1, -0.05) is 37.8 Å². The van der Waals surface area contributed by atoms with E-state index in [-0.39, 0.29) is 11.3 Å². The van der Waals surface area contributed by atoms with Crippen molar-refractivity contribution in [3.05, 3.63) is 29.8 Å². The van der Waals surface area contributed by atoms with Crippen molar-refractivity contribution in [3.63, 3.8) is 0 Å². The standard InChI is InChI=1S/C16H25NO2S/c1-13-8-7-9-14(12-13)20(18,19)16-11-6-4-3-5-10-15(16)17-2/h7-9,12,15-17H,3-6,10-11H2,1-2H3. The van der Waals surface area contributed by atoms with Crippen molar-refractivity contribution in [1.29, 1.82) is 0 Å². The second-order valence-corrected chi connectivity index (χ2v) is 7.95. The lowest BCUT2D eigenvalue weighted by Crippen LogP contribution is -2.43. The van der Waals surface area contributed by atoms with Crippen LogP contribution in [0.2, 0.25) is 0 Å². The molecule has 1 aromatic rings. The average molecular weight is 295 g/mol. The molecule has 1 saturated carbocycles. The highest BCUT2D eigenvalue weighted by molar-refractivity contribution is 7.92. The third kappa shape index (κ3) is 3.41. The molecule has 4 heteroatoms. The predicted molar refractivity (Wildman–Crippen MR) is 82.7 cm³/mol. The highest BCUT2D eigenvalue weighted by Gasteiger charge is 2.34. The van der Waals surface area contributed by atoms with Crippen molar-refractivity contribution in [1.82, 2.24) is 5.32 Å². The van der Waals surface area contributed by atoms with Gasteiger partial charge in [-0.05, 0) is 44.5 Å². The van der Waals surface area contributed by atoms with Crippen molar-refractivity contribution in [3.8, 4) is 0 Å². The summed E-state index contributed by atoms with van der Waals surface area (Å²) in [5.41, 5.74) is 0.998. The Hall–Kier alpha value is -0.870. The van der Waals surface area contributed by atoms with Gasteiger partial charge in [0.2, 0.25) is 0 Å². The van der Waals surface area contributed by atoms with Gasteiger partial charge in [0.05, 0.1) is 10.1 Å². The van der Waals surface area contributed by atoms with Gasteiger partial charge in [-0.2, -0.15) is 0 Å². The molecule has 1 aromatic carbocycles. The smallest absolute Gasteiger partial charge is 0.182 e. The number of hydrogen-bond acceptors (Lipinski definition) is 3. The molecule has 0 spiro atoms. The lowest BCUT2D eigenvalue weighted by atomic mass is 9.96. The van der Waals surface area contributed by atoms with E-state index in [2.05, 4.69) is 5.32 Å². The fourth-order valence-electron chi connectivity index (χ4n) is 3.12. The first-order valence-corrected chi connectivity index (χ1v) is 9.08. The topological polar surface area (TPSA) is 46.2 Å². The van der Waals surface area contributed by atoms with Crippen molar-refractivity contribution >= 4 is 9.84 Å². The van der Waals surface area contributed by atoms with Crippen LogP contribution in [0.15, 0.2) is 29.2 Å². The summed E-state index contributed by atoms with van der Waals surface area (Å²) in [6.45, 7) is 1.94. The molecule has 2 unspecified atom stereocenters. The summed E-state index contributed by atoms with van der Waals surface area (Å²) in [5, 5.41) is 2.94. The first kappa shape index (κ1) is 15.5. The maximum absolute atomic E-state index is 12.9. The molecule has 0 radical (unpaired) electrons. The molecule has 0 heterocycles. The molecular weight excluding hydrogens is 270 g/mol. The molecule has 0 saturated heterocycles. The summed E-state index contributed by atoms with van der Waals surface area (Å²) in [6, 6.07) is 7.36. The van der Waals surface area contributed by atoms with E-state index in [0.717, 1.165) is 37.7 Å². The van der Waals surface area contributed by atoms with Crippen LogP contribution in [0.3, 0.4) is 0 Å². The number of rotatable bonds is 3. The Kier molecular flexibility index (Phi) is 5.22. The zero-order valence-electron chi connectivity index (χ0n) is 12.4. The van der Waals surface area contributed by atoms with Gasteiger partial charge >= 0.3 is 0 Å². The molecule has 1 aliphatic carbocycles. The van der Waals surface area contributed by atoms with Crippen LogP contribution >= 0.6 is 0 Å². The lowest BCUT2D eigenvalue weighted by molar-refractivity contribution is 0.405. The summed E-state index contributed by atoms with van der Waals surface area (Å²) in [6.07, 6.45) is 6.21. The minimum atomic E-state index is -3.25. The molecule has 112 valence electrons. The molecule has 0 aliphatic heterocycles. The molecule has 20 heavy (non-hydrogen) atoms. The molecule has 0 amide bonds. The Morgan fingerprint density at radius 3 is 2.45 bits per heavy atom. The predicted octanol–water partition coefficient (Wildman–Crippen LogP) is 3.08. The second-order valence-electron chi connectivity index (χ2n) is 5.79. The normalized spacial score (nSPS) is 24.9. The van der Waals surface area contributed by atoms with Gasteiger partial charge in [-0.15, -0.1) is 0 Å². The molecule has 0 bridgehead atoms. The third-order valence-corrected chi connectivity index (χ3v) is 6.56. The lowest BCUT2D eigenvalue weighted by Gasteiger charge is -2.29. The molecule has 2 atom stereocenters. The van der Waals surface area contributed by atoms with Gasteiger partial charge in [-0.3, -0.25) is 0 Å². The summed E-state index contributed by atoms with van der Waals surface area (Å²) in [7, 11) is -1.37. The Labute approximate surface area is 122 Å². The van der Waals surface area contributed by atoms with Gasteiger partial charge in [0.1, 0.15) is 0 Å². The van der Waals surface area contributed by atoms with E-state index in [1.807, 2.05) is 26.1 Å². The van der Waals surface area contributed by atoms with E-state index >= 15 is 0 Å². The van der Waals surface area contributed by atoms with Crippen LogP contribution in [0, 0.1) is 6.92 Å². The van der Waals surface area contributed by atoms with Gasteiger partial charge in [-0.25, -0.2) is 8.42 Å². The van der Waals surface area contributed by atoms with Crippen LogP contribution in [-0.4, -0.2) is 26.8 Å². The summed E-state index contributed by atoms with van der Waals surface area (Å²) in [4.78, 5) is 0.475. The molecule has 3 nitrogen and oxygen atoms in total. The van der Waals surface area contributed by atoms with Crippen molar-refractivity contribution < 1.29 is 8.42 Å². The quantitative estimate of drug-likeness (QED) is 0.932. The monoisotopic (exact) mass is 295 g/mol. The SMILES string of the molecule is CNC1CCCCCCC1S(=O)(=O)c1cccc(C)c1. The van der Waals surface area contributed by atoms with Crippen molar-refractivity contribution in [2.45, 2.75) is 61.6 Å². The molecule has 1 N–H and O–H groups in total. The molecule has 0 aromatic heterocycles. The number of sulfone groups is 1.